The van der Waals surface area contributed by atoms with Crippen LogP contribution in [-0.2, 0) is 24.3 Å². The van der Waals surface area contributed by atoms with E-state index in [-0.39, 0.29) is 0 Å². The molecule has 2 rings (SSSR count). The van der Waals surface area contributed by atoms with Crippen LogP contribution in [-0.4, -0.2) is 16.7 Å². The maximum Gasteiger partial charge on any atom is 0.131 e. The van der Waals surface area contributed by atoms with Gasteiger partial charge in [-0.15, -0.1) is 0 Å². The van der Waals surface area contributed by atoms with Gasteiger partial charge in [-0.3, -0.25) is 0 Å². The molecule has 2 aromatic rings. The number of benzene rings is 1. The number of hydrogen-bond donors (Lipinski definition) is 1. The zero-order valence-electron chi connectivity index (χ0n) is 12.5. The van der Waals surface area contributed by atoms with Crippen molar-refractivity contribution in [2.75, 3.05) is 12.8 Å². The van der Waals surface area contributed by atoms with Crippen LogP contribution in [0.2, 0.25) is 0 Å². The van der Waals surface area contributed by atoms with Crippen molar-refractivity contribution in [3.8, 4) is 11.3 Å². The molecular weight excluding hydrogens is 250 g/mol. The molecule has 0 unspecified atom stereocenters. The number of aromatic nitrogens is 2. The van der Waals surface area contributed by atoms with E-state index in [4.69, 9.17) is 15.5 Å². The molecule has 1 aromatic carbocycles. The molecule has 0 fully saturated rings. The topological polar surface area (TPSA) is 53.1 Å². The highest BCUT2D eigenvalue weighted by Crippen LogP contribution is 2.30. The highest BCUT2D eigenvalue weighted by Gasteiger charge is 2.16. The third-order valence-corrected chi connectivity index (χ3v) is 3.42. The largest absolute Gasteiger partial charge is 0.383 e. The summed E-state index contributed by atoms with van der Waals surface area (Å²) in [6, 6.07) is 8.14. The van der Waals surface area contributed by atoms with Gasteiger partial charge < -0.3 is 15.0 Å². The standard InChI is InChI=1S/C16H23N3O/c1-4-10-19-14(5-2)18-15(16(19)17)13-9-7-6-8-12(13)11-20-3/h6-9H,4-5,10-11,17H2,1-3H3. The lowest BCUT2D eigenvalue weighted by Gasteiger charge is -2.09. The Morgan fingerprint density at radius 1 is 1.25 bits per heavy atom. The number of imidazole rings is 1. The summed E-state index contributed by atoms with van der Waals surface area (Å²) < 4.78 is 7.39. The van der Waals surface area contributed by atoms with E-state index in [0.717, 1.165) is 47.8 Å². The molecule has 0 spiro atoms. The highest BCUT2D eigenvalue weighted by atomic mass is 16.5. The van der Waals surface area contributed by atoms with E-state index in [0.29, 0.717) is 6.61 Å². The Kier molecular flexibility index (Phi) is 4.79. The molecular formula is C16H23N3O. The predicted molar refractivity (Wildman–Crippen MR) is 82.5 cm³/mol. The normalized spacial score (nSPS) is 10.9. The zero-order chi connectivity index (χ0) is 14.5. The van der Waals surface area contributed by atoms with E-state index in [2.05, 4.69) is 30.5 Å². The van der Waals surface area contributed by atoms with E-state index < -0.39 is 0 Å². The van der Waals surface area contributed by atoms with Crippen LogP contribution in [0.15, 0.2) is 24.3 Å². The number of anilines is 1. The van der Waals surface area contributed by atoms with Crippen LogP contribution in [0.3, 0.4) is 0 Å². The van der Waals surface area contributed by atoms with Crippen molar-refractivity contribution in [3.05, 3.63) is 35.7 Å². The fourth-order valence-electron chi connectivity index (χ4n) is 2.49. The van der Waals surface area contributed by atoms with Crippen molar-refractivity contribution in [2.45, 2.75) is 39.8 Å². The Bertz CT molecular complexity index is 575. The van der Waals surface area contributed by atoms with E-state index >= 15 is 0 Å². The monoisotopic (exact) mass is 273 g/mol. The molecule has 1 aromatic heterocycles. The molecule has 1 heterocycles. The summed E-state index contributed by atoms with van der Waals surface area (Å²) in [5, 5.41) is 0. The first-order valence-electron chi connectivity index (χ1n) is 7.14. The second-order valence-electron chi connectivity index (χ2n) is 4.86. The van der Waals surface area contributed by atoms with E-state index in [1.807, 2.05) is 12.1 Å². The molecule has 0 saturated carbocycles. The summed E-state index contributed by atoms with van der Waals surface area (Å²) >= 11 is 0. The van der Waals surface area contributed by atoms with E-state index in [9.17, 15) is 0 Å². The summed E-state index contributed by atoms with van der Waals surface area (Å²) in [5.41, 5.74) is 9.38. The number of methoxy groups -OCH3 is 1. The molecule has 0 aliphatic carbocycles. The van der Waals surface area contributed by atoms with Crippen LogP contribution in [0.1, 0.15) is 31.7 Å². The second kappa shape index (κ2) is 6.57. The van der Waals surface area contributed by atoms with Gasteiger partial charge in [0.25, 0.3) is 0 Å². The lowest BCUT2D eigenvalue weighted by atomic mass is 10.1. The molecule has 108 valence electrons. The Morgan fingerprint density at radius 3 is 2.65 bits per heavy atom. The molecule has 0 aliphatic rings. The first-order chi connectivity index (χ1) is 9.72. The molecule has 0 aliphatic heterocycles. The van der Waals surface area contributed by atoms with Crippen LogP contribution in [0.4, 0.5) is 5.82 Å². The number of hydrogen-bond acceptors (Lipinski definition) is 3. The van der Waals surface area contributed by atoms with Crippen LogP contribution >= 0.6 is 0 Å². The number of nitrogens with zero attached hydrogens (tertiary/aromatic N) is 2. The molecule has 0 radical (unpaired) electrons. The van der Waals surface area contributed by atoms with E-state index in [1.165, 1.54) is 0 Å². The minimum absolute atomic E-state index is 0.567. The van der Waals surface area contributed by atoms with Crippen molar-refractivity contribution in [3.63, 3.8) is 0 Å². The summed E-state index contributed by atoms with van der Waals surface area (Å²) in [6.45, 7) is 5.74. The second-order valence-corrected chi connectivity index (χ2v) is 4.86. The molecule has 20 heavy (non-hydrogen) atoms. The first kappa shape index (κ1) is 14.6. The minimum Gasteiger partial charge on any atom is -0.383 e. The van der Waals surface area contributed by atoms with Crippen molar-refractivity contribution < 1.29 is 4.74 Å². The van der Waals surface area contributed by atoms with Gasteiger partial charge in [-0.05, 0) is 12.0 Å². The predicted octanol–water partition coefficient (Wildman–Crippen LogP) is 3.25. The summed E-state index contributed by atoms with van der Waals surface area (Å²) in [5.74, 6) is 1.80. The molecule has 0 amide bonds. The molecule has 4 nitrogen and oxygen atoms in total. The highest BCUT2D eigenvalue weighted by molar-refractivity contribution is 5.73. The fraction of sp³-hybridized carbons (Fsp3) is 0.438. The van der Waals surface area contributed by atoms with Gasteiger partial charge >= 0.3 is 0 Å². The van der Waals surface area contributed by atoms with Gasteiger partial charge in [0, 0.05) is 25.6 Å². The SMILES string of the molecule is CCCn1c(CC)nc(-c2ccccc2COC)c1N. The van der Waals surface area contributed by atoms with Gasteiger partial charge in [-0.2, -0.15) is 0 Å². The Morgan fingerprint density at radius 2 is 2.00 bits per heavy atom. The van der Waals surface area contributed by atoms with Gasteiger partial charge in [0.15, 0.2) is 0 Å². The van der Waals surface area contributed by atoms with Gasteiger partial charge in [0.05, 0.1) is 6.61 Å². The lowest BCUT2D eigenvalue weighted by Crippen LogP contribution is -2.06. The van der Waals surface area contributed by atoms with Crippen LogP contribution in [0.25, 0.3) is 11.3 Å². The third kappa shape index (κ3) is 2.70. The number of nitrogen functional groups attached to an aromatic ring is 1. The van der Waals surface area contributed by atoms with Crippen LogP contribution in [0, 0.1) is 0 Å². The minimum atomic E-state index is 0.567. The molecule has 0 atom stereocenters. The lowest BCUT2D eigenvalue weighted by molar-refractivity contribution is 0.185. The quantitative estimate of drug-likeness (QED) is 0.879. The maximum absolute atomic E-state index is 6.32. The van der Waals surface area contributed by atoms with Crippen molar-refractivity contribution >= 4 is 5.82 Å². The average molecular weight is 273 g/mol. The van der Waals surface area contributed by atoms with Crippen LogP contribution < -0.4 is 5.73 Å². The third-order valence-electron chi connectivity index (χ3n) is 3.42. The Balaban J connectivity index is 2.53. The van der Waals surface area contributed by atoms with Crippen molar-refractivity contribution in [1.29, 1.82) is 0 Å². The van der Waals surface area contributed by atoms with Gasteiger partial charge in [-0.25, -0.2) is 4.98 Å². The Labute approximate surface area is 120 Å². The zero-order valence-corrected chi connectivity index (χ0v) is 12.5. The first-order valence-corrected chi connectivity index (χ1v) is 7.14. The molecule has 0 bridgehead atoms. The number of ether oxygens (including phenoxy) is 1. The number of rotatable bonds is 6. The van der Waals surface area contributed by atoms with Crippen molar-refractivity contribution in [1.82, 2.24) is 9.55 Å². The van der Waals surface area contributed by atoms with Gasteiger partial charge in [0.1, 0.15) is 17.3 Å². The van der Waals surface area contributed by atoms with Crippen molar-refractivity contribution in [2.24, 2.45) is 0 Å². The average Bonchev–Trinajstić information content (AvgIpc) is 2.77. The smallest absolute Gasteiger partial charge is 0.131 e. The van der Waals surface area contributed by atoms with E-state index in [1.54, 1.807) is 7.11 Å². The van der Waals surface area contributed by atoms with Gasteiger partial charge in [-0.1, -0.05) is 38.1 Å². The van der Waals surface area contributed by atoms with Gasteiger partial charge in [0.2, 0.25) is 0 Å². The maximum atomic E-state index is 6.32. The summed E-state index contributed by atoms with van der Waals surface area (Å²) in [4.78, 5) is 4.74. The number of nitrogens with two attached hydrogens (primary N) is 1. The molecule has 2 N–H and O–H groups in total. The fourth-order valence-corrected chi connectivity index (χ4v) is 2.49. The van der Waals surface area contributed by atoms with Crippen LogP contribution in [0.5, 0.6) is 0 Å². The molecule has 4 heteroatoms. The Hall–Kier alpha value is -1.81. The molecule has 0 saturated heterocycles. The number of aryl methyl sites for hydroxylation is 1. The summed E-state index contributed by atoms with van der Waals surface area (Å²) in [6.07, 6.45) is 1.93. The summed E-state index contributed by atoms with van der Waals surface area (Å²) in [7, 11) is 1.70.